The number of anilines is 1. The number of phenols is 1. The molecule has 1 heterocycles. The van der Waals surface area contributed by atoms with E-state index in [0.717, 1.165) is 12.1 Å². The van der Waals surface area contributed by atoms with Gasteiger partial charge in [-0.05, 0) is 28.1 Å². The highest BCUT2D eigenvalue weighted by atomic mass is 79.9. The van der Waals surface area contributed by atoms with Gasteiger partial charge in [-0.1, -0.05) is 11.6 Å². The maximum atomic E-state index is 12.1. The summed E-state index contributed by atoms with van der Waals surface area (Å²) >= 11 is 13.9. The highest BCUT2D eigenvalue weighted by molar-refractivity contribution is 9.10. The van der Waals surface area contributed by atoms with Crippen LogP contribution in [0.5, 0.6) is 5.75 Å². The molecule has 0 unspecified atom stereocenters. The average molecular weight is 435 g/mol. The van der Waals surface area contributed by atoms with E-state index in [1.165, 1.54) is 4.68 Å². The molecule has 0 atom stereocenters. The molecule has 2 rings (SSSR count). The van der Waals surface area contributed by atoms with Gasteiger partial charge in [0.1, 0.15) is 0 Å². The minimum atomic E-state index is -0.677. The smallest absolute Gasteiger partial charge is 0.279 e. The SMILES string of the molecule is Cn1cc(Br)c(C(=O)NC(=S)Nc2cc([N+](=O)[O-])cc(Cl)c2O)n1. The number of aromatic hydroxyl groups is 1. The predicted molar refractivity (Wildman–Crippen MR) is 94.4 cm³/mol. The molecule has 3 N–H and O–H groups in total. The van der Waals surface area contributed by atoms with Gasteiger partial charge in [-0.25, -0.2) is 0 Å². The second-order valence-corrected chi connectivity index (χ2v) is 6.16. The van der Waals surface area contributed by atoms with Crippen molar-refractivity contribution < 1.29 is 14.8 Å². The number of aryl methyl sites for hydroxylation is 1. The van der Waals surface area contributed by atoms with E-state index in [2.05, 4.69) is 31.7 Å². The van der Waals surface area contributed by atoms with Crippen molar-refractivity contribution in [3.8, 4) is 5.75 Å². The largest absolute Gasteiger partial charge is 0.504 e. The molecule has 126 valence electrons. The Labute approximate surface area is 153 Å². The van der Waals surface area contributed by atoms with Gasteiger partial charge in [0.25, 0.3) is 11.6 Å². The summed E-state index contributed by atoms with van der Waals surface area (Å²) in [5.41, 5.74) is -0.357. The molecule has 1 aromatic heterocycles. The van der Waals surface area contributed by atoms with Crippen molar-refractivity contribution in [3.05, 3.63) is 43.6 Å². The minimum absolute atomic E-state index is 0.1000. The third kappa shape index (κ3) is 3.99. The number of hydrogen-bond donors (Lipinski definition) is 3. The van der Waals surface area contributed by atoms with Gasteiger partial charge >= 0.3 is 0 Å². The van der Waals surface area contributed by atoms with Gasteiger partial charge in [0.15, 0.2) is 16.6 Å². The number of nitro benzene ring substituents is 1. The Morgan fingerprint density at radius 2 is 2.21 bits per heavy atom. The molecule has 0 radical (unpaired) electrons. The Hall–Kier alpha value is -2.24. The Balaban J connectivity index is 2.17. The number of carbonyl (C=O) groups is 1. The molecule has 0 aliphatic rings. The quantitative estimate of drug-likeness (QED) is 0.294. The van der Waals surface area contributed by atoms with E-state index in [4.69, 9.17) is 23.8 Å². The van der Waals surface area contributed by atoms with Crippen molar-refractivity contribution in [3.63, 3.8) is 0 Å². The minimum Gasteiger partial charge on any atom is -0.504 e. The van der Waals surface area contributed by atoms with E-state index in [0.29, 0.717) is 4.47 Å². The zero-order valence-electron chi connectivity index (χ0n) is 11.9. The Morgan fingerprint density at radius 1 is 1.54 bits per heavy atom. The van der Waals surface area contributed by atoms with Crippen LogP contribution in [0.1, 0.15) is 10.5 Å². The molecule has 1 amide bonds. The molecule has 0 fully saturated rings. The van der Waals surface area contributed by atoms with Crippen LogP contribution in [0.2, 0.25) is 5.02 Å². The molecule has 1 aromatic carbocycles. The molecule has 2 aromatic rings. The van der Waals surface area contributed by atoms with Gasteiger partial charge in [-0.3, -0.25) is 24.9 Å². The fourth-order valence-corrected chi connectivity index (χ4v) is 2.69. The summed E-state index contributed by atoms with van der Waals surface area (Å²) in [4.78, 5) is 22.2. The van der Waals surface area contributed by atoms with E-state index in [9.17, 15) is 20.0 Å². The number of non-ortho nitro benzene ring substituents is 1. The second kappa shape index (κ2) is 7.11. The molecule has 0 spiro atoms. The van der Waals surface area contributed by atoms with Crippen molar-refractivity contribution in [2.75, 3.05) is 5.32 Å². The first-order chi connectivity index (χ1) is 11.2. The van der Waals surface area contributed by atoms with Crippen LogP contribution < -0.4 is 10.6 Å². The zero-order chi connectivity index (χ0) is 18.0. The van der Waals surface area contributed by atoms with Crippen LogP contribution in [0, 0.1) is 10.1 Å². The fraction of sp³-hybridized carbons (Fsp3) is 0.0833. The van der Waals surface area contributed by atoms with Gasteiger partial charge in [0.05, 0.1) is 20.1 Å². The first-order valence-electron chi connectivity index (χ1n) is 6.17. The van der Waals surface area contributed by atoms with E-state index in [1.54, 1.807) is 13.2 Å². The zero-order valence-corrected chi connectivity index (χ0v) is 15.1. The van der Waals surface area contributed by atoms with Gasteiger partial charge < -0.3 is 10.4 Å². The number of carbonyl (C=O) groups excluding carboxylic acids is 1. The maximum absolute atomic E-state index is 12.1. The predicted octanol–water partition coefficient (Wildman–Crippen LogP) is 2.58. The van der Waals surface area contributed by atoms with Crippen LogP contribution in [0.3, 0.4) is 0 Å². The van der Waals surface area contributed by atoms with E-state index in [-0.39, 0.29) is 27.2 Å². The van der Waals surface area contributed by atoms with Crippen molar-refractivity contribution in [2.45, 2.75) is 0 Å². The lowest BCUT2D eigenvalue weighted by Crippen LogP contribution is -2.34. The van der Waals surface area contributed by atoms with Crippen molar-refractivity contribution in [1.82, 2.24) is 15.1 Å². The number of phenolic OH excluding ortho intramolecular Hbond substituents is 1. The Bertz CT molecular complexity index is 856. The summed E-state index contributed by atoms with van der Waals surface area (Å²) in [7, 11) is 1.64. The van der Waals surface area contributed by atoms with Gasteiger partial charge in [-0.2, -0.15) is 5.10 Å². The summed E-state index contributed by atoms with van der Waals surface area (Å²) in [5.74, 6) is -1.03. The number of nitrogens with zero attached hydrogens (tertiary/aromatic N) is 3. The average Bonchev–Trinajstić information content (AvgIpc) is 2.82. The molecule has 0 saturated carbocycles. The fourth-order valence-electron chi connectivity index (χ4n) is 1.71. The van der Waals surface area contributed by atoms with Gasteiger partial charge in [0.2, 0.25) is 0 Å². The van der Waals surface area contributed by atoms with Crippen LogP contribution in [0.4, 0.5) is 11.4 Å². The maximum Gasteiger partial charge on any atom is 0.279 e. The molecule has 0 aliphatic carbocycles. The molecule has 0 aliphatic heterocycles. The third-order valence-electron chi connectivity index (χ3n) is 2.73. The number of rotatable bonds is 3. The topological polar surface area (TPSA) is 122 Å². The molecule has 12 heteroatoms. The standard InChI is InChI=1S/C12H9BrClN5O4S/c1-18-4-6(13)9(17-18)11(21)16-12(24)15-8-3-5(19(22)23)2-7(14)10(8)20/h2-4,20H,1H3,(H2,15,16,21,24). The number of aromatic nitrogens is 2. The normalized spacial score (nSPS) is 10.3. The number of nitro groups is 1. The first-order valence-corrected chi connectivity index (χ1v) is 7.75. The monoisotopic (exact) mass is 433 g/mol. The highest BCUT2D eigenvalue weighted by Crippen LogP contribution is 2.35. The summed E-state index contributed by atoms with van der Waals surface area (Å²) in [6, 6.07) is 2.03. The Morgan fingerprint density at radius 3 is 2.75 bits per heavy atom. The van der Waals surface area contributed by atoms with Crippen molar-refractivity contribution >= 4 is 62.1 Å². The number of amides is 1. The number of halogens is 2. The molecule has 0 saturated heterocycles. The number of benzene rings is 1. The Kier molecular flexibility index (Phi) is 5.36. The van der Waals surface area contributed by atoms with Crippen molar-refractivity contribution in [2.24, 2.45) is 7.05 Å². The van der Waals surface area contributed by atoms with Crippen LogP contribution in [0.25, 0.3) is 0 Å². The van der Waals surface area contributed by atoms with Gasteiger partial charge in [0, 0.05) is 25.4 Å². The number of thiocarbonyl (C=S) groups is 1. The summed E-state index contributed by atoms with van der Waals surface area (Å²) in [6.45, 7) is 0. The van der Waals surface area contributed by atoms with Gasteiger partial charge in [-0.15, -0.1) is 0 Å². The van der Waals surface area contributed by atoms with Crippen LogP contribution in [-0.4, -0.2) is 30.8 Å². The lowest BCUT2D eigenvalue weighted by atomic mass is 10.2. The van der Waals surface area contributed by atoms with Crippen LogP contribution in [-0.2, 0) is 7.05 Å². The summed E-state index contributed by atoms with van der Waals surface area (Å²) in [5, 5.41) is 29.0. The lowest BCUT2D eigenvalue weighted by Gasteiger charge is -2.11. The molecule has 24 heavy (non-hydrogen) atoms. The first kappa shape index (κ1) is 18.1. The second-order valence-electron chi connectivity index (χ2n) is 4.49. The summed E-state index contributed by atoms with van der Waals surface area (Å²) in [6.07, 6.45) is 1.58. The highest BCUT2D eigenvalue weighted by Gasteiger charge is 2.19. The number of nitrogens with one attached hydrogen (secondary N) is 2. The van der Waals surface area contributed by atoms with Crippen molar-refractivity contribution in [1.29, 1.82) is 0 Å². The number of hydrogen-bond acceptors (Lipinski definition) is 6. The lowest BCUT2D eigenvalue weighted by molar-refractivity contribution is -0.384. The van der Waals surface area contributed by atoms with E-state index < -0.39 is 16.6 Å². The molecule has 9 nitrogen and oxygen atoms in total. The summed E-state index contributed by atoms with van der Waals surface area (Å²) < 4.78 is 1.90. The third-order valence-corrected chi connectivity index (χ3v) is 3.81. The molecular formula is C12H9BrClN5O4S. The molecular weight excluding hydrogens is 426 g/mol. The van der Waals surface area contributed by atoms with E-state index in [1.807, 2.05) is 0 Å². The van der Waals surface area contributed by atoms with Crippen LogP contribution in [0.15, 0.2) is 22.8 Å². The van der Waals surface area contributed by atoms with Crippen LogP contribution >= 0.6 is 39.7 Å². The van der Waals surface area contributed by atoms with E-state index >= 15 is 0 Å². The molecule has 0 bridgehead atoms.